The number of halogens is 4. The monoisotopic (exact) mass is 244 g/mol. The summed E-state index contributed by atoms with van der Waals surface area (Å²) in [6.45, 7) is 3.48. The minimum atomic E-state index is -4.34. The van der Waals surface area contributed by atoms with Gasteiger partial charge in [-0.1, -0.05) is 11.6 Å². The van der Waals surface area contributed by atoms with Crippen LogP contribution in [0.15, 0.2) is 11.2 Å². The minimum Gasteiger partial charge on any atom is -0.255 e. The summed E-state index contributed by atoms with van der Waals surface area (Å²) >= 11 is 5.35. The van der Waals surface area contributed by atoms with E-state index in [4.69, 9.17) is 11.6 Å². The van der Waals surface area contributed by atoms with Crippen LogP contribution in [0.3, 0.4) is 0 Å². The van der Waals surface area contributed by atoms with Crippen LogP contribution in [0.1, 0.15) is 19.9 Å². The third-order valence-electron chi connectivity index (χ3n) is 1.41. The van der Waals surface area contributed by atoms with Gasteiger partial charge < -0.3 is 0 Å². The summed E-state index contributed by atoms with van der Waals surface area (Å²) in [7, 11) is 0. The average Bonchev–Trinajstić information content (AvgIpc) is 2.29. The molecule has 0 aromatic carbocycles. The van der Waals surface area contributed by atoms with Crippen molar-refractivity contribution in [3.05, 3.63) is 11.2 Å². The van der Waals surface area contributed by atoms with Gasteiger partial charge >= 0.3 is 5.51 Å². The van der Waals surface area contributed by atoms with E-state index in [-0.39, 0.29) is 27.9 Å². The van der Waals surface area contributed by atoms with Gasteiger partial charge in [-0.15, -0.1) is 0 Å². The van der Waals surface area contributed by atoms with Gasteiger partial charge in [0.15, 0.2) is 0 Å². The van der Waals surface area contributed by atoms with Crippen molar-refractivity contribution in [1.82, 2.24) is 9.78 Å². The van der Waals surface area contributed by atoms with Crippen molar-refractivity contribution >= 4 is 23.4 Å². The molecule has 1 aromatic rings. The Hall–Kier alpha value is -0.360. The normalized spacial score (nSPS) is 12.5. The molecule has 0 radical (unpaired) electrons. The predicted molar refractivity (Wildman–Crippen MR) is 49.5 cm³/mol. The summed E-state index contributed by atoms with van der Waals surface area (Å²) in [6.07, 6.45) is 1.22. The molecule has 0 N–H and O–H groups in total. The van der Waals surface area contributed by atoms with Gasteiger partial charge in [0.05, 0.1) is 11.2 Å². The Bertz CT molecular complexity index is 321. The number of rotatable bonds is 2. The van der Waals surface area contributed by atoms with Crippen LogP contribution in [-0.4, -0.2) is 15.3 Å². The molecule has 0 bridgehead atoms. The molecule has 80 valence electrons. The predicted octanol–water partition coefficient (Wildman–Crippen LogP) is 3.73. The summed E-state index contributed by atoms with van der Waals surface area (Å²) in [5.74, 6) is 0. The van der Waals surface area contributed by atoms with Gasteiger partial charge in [0, 0.05) is 17.8 Å². The highest BCUT2D eigenvalue weighted by Gasteiger charge is 2.32. The second kappa shape index (κ2) is 4.02. The van der Waals surface area contributed by atoms with Crippen LogP contribution in [0.2, 0.25) is 5.02 Å². The Morgan fingerprint density at radius 1 is 1.50 bits per heavy atom. The highest BCUT2D eigenvalue weighted by atomic mass is 35.5. The minimum absolute atomic E-state index is 0.0287. The molecule has 0 atom stereocenters. The van der Waals surface area contributed by atoms with Gasteiger partial charge in [-0.25, -0.2) is 0 Å². The molecule has 0 fully saturated rings. The summed E-state index contributed by atoms with van der Waals surface area (Å²) in [5, 5.41) is 3.73. The molecule has 1 heterocycles. The van der Waals surface area contributed by atoms with Crippen molar-refractivity contribution in [3.8, 4) is 0 Å². The smallest absolute Gasteiger partial charge is 0.255 e. The van der Waals surface area contributed by atoms with Crippen molar-refractivity contribution in [2.45, 2.75) is 30.4 Å². The molecule has 14 heavy (non-hydrogen) atoms. The van der Waals surface area contributed by atoms with Crippen LogP contribution in [-0.2, 0) is 0 Å². The van der Waals surface area contributed by atoms with Crippen LogP contribution in [0.5, 0.6) is 0 Å². The maximum atomic E-state index is 12.1. The molecule has 7 heteroatoms. The van der Waals surface area contributed by atoms with Crippen molar-refractivity contribution in [3.63, 3.8) is 0 Å². The first-order valence-corrected chi connectivity index (χ1v) is 4.99. The highest BCUT2D eigenvalue weighted by Crippen LogP contribution is 2.40. The van der Waals surface area contributed by atoms with E-state index >= 15 is 0 Å². The van der Waals surface area contributed by atoms with E-state index < -0.39 is 5.51 Å². The average molecular weight is 245 g/mol. The van der Waals surface area contributed by atoms with E-state index in [0.717, 1.165) is 0 Å². The lowest BCUT2D eigenvalue weighted by Gasteiger charge is -2.11. The maximum absolute atomic E-state index is 12.1. The Morgan fingerprint density at radius 2 is 2.07 bits per heavy atom. The first-order chi connectivity index (χ1) is 6.31. The van der Waals surface area contributed by atoms with E-state index in [1.807, 2.05) is 0 Å². The quantitative estimate of drug-likeness (QED) is 0.738. The topological polar surface area (TPSA) is 17.8 Å². The van der Waals surface area contributed by atoms with Crippen molar-refractivity contribution in [1.29, 1.82) is 0 Å². The Balaban J connectivity index is 3.00. The fourth-order valence-corrected chi connectivity index (χ4v) is 1.87. The highest BCUT2D eigenvalue weighted by molar-refractivity contribution is 8.00. The largest absolute Gasteiger partial charge is 0.447 e. The summed E-state index contributed by atoms with van der Waals surface area (Å²) < 4.78 is 37.6. The van der Waals surface area contributed by atoms with E-state index in [1.165, 1.54) is 10.9 Å². The SMILES string of the molecule is CC(C)n1ncc(Cl)c1SC(F)(F)F. The lowest BCUT2D eigenvalue weighted by Crippen LogP contribution is -2.08. The second-order valence-electron chi connectivity index (χ2n) is 2.88. The van der Waals surface area contributed by atoms with Crippen LogP contribution in [0.4, 0.5) is 13.2 Å². The lowest BCUT2D eigenvalue weighted by molar-refractivity contribution is -0.0331. The van der Waals surface area contributed by atoms with E-state index in [2.05, 4.69) is 5.10 Å². The summed E-state index contributed by atoms with van der Waals surface area (Å²) in [5.41, 5.74) is -4.34. The molecule has 0 unspecified atom stereocenters. The molecule has 1 aromatic heterocycles. The molecule has 0 saturated carbocycles. The van der Waals surface area contributed by atoms with Crippen molar-refractivity contribution < 1.29 is 13.2 Å². The number of hydrogen-bond donors (Lipinski definition) is 0. The van der Waals surface area contributed by atoms with Gasteiger partial charge in [-0.2, -0.15) is 18.3 Å². The van der Waals surface area contributed by atoms with Crippen molar-refractivity contribution in [2.24, 2.45) is 0 Å². The zero-order valence-corrected chi connectivity index (χ0v) is 9.04. The Morgan fingerprint density at radius 3 is 2.50 bits per heavy atom. The molecular weight excluding hydrogens is 237 g/mol. The van der Waals surface area contributed by atoms with Crippen LogP contribution < -0.4 is 0 Å². The van der Waals surface area contributed by atoms with Crippen LogP contribution in [0, 0.1) is 0 Å². The van der Waals surface area contributed by atoms with Gasteiger partial charge in [0.25, 0.3) is 0 Å². The second-order valence-corrected chi connectivity index (χ2v) is 4.34. The summed E-state index contributed by atoms with van der Waals surface area (Å²) in [4.78, 5) is 0. The van der Waals surface area contributed by atoms with Gasteiger partial charge in [-0.05, 0) is 13.8 Å². The number of hydrogen-bond acceptors (Lipinski definition) is 2. The third-order valence-corrected chi connectivity index (χ3v) is 2.63. The molecule has 1 rings (SSSR count). The molecule has 0 amide bonds. The van der Waals surface area contributed by atoms with E-state index in [0.29, 0.717) is 0 Å². The molecule has 0 aliphatic heterocycles. The first kappa shape index (κ1) is 11.7. The fraction of sp³-hybridized carbons (Fsp3) is 0.571. The molecular formula is C7H8ClF3N2S. The van der Waals surface area contributed by atoms with Crippen LogP contribution in [0.25, 0.3) is 0 Å². The molecule has 2 nitrogen and oxygen atoms in total. The third kappa shape index (κ3) is 2.81. The lowest BCUT2D eigenvalue weighted by atomic mass is 10.4. The standard InChI is InChI=1S/C7H8ClF3N2S/c1-4(2)13-6(5(8)3-12-13)14-7(9,10)11/h3-4H,1-2H3. The van der Waals surface area contributed by atoms with Gasteiger partial charge in [-0.3, -0.25) is 4.68 Å². The molecule has 0 spiro atoms. The number of aromatic nitrogens is 2. The Kier molecular flexibility index (Phi) is 3.36. The van der Waals surface area contributed by atoms with Crippen LogP contribution >= 0.6 is 23.4 Å². The zero-order valence-electron chi connectivity index (χ0n) is 7.47. The number of nitrogens with zero attached hydrogens (tertiary/aromatic N) is 2. The molecule has 0 aliphatic rings. The van der Waals surface area contributed by atoms with Gasteiger partial charge in [0.1, 0.15) is 5.03 Å². The first-order valence-electron chi connectivity index (χ1n) is 3.80. The van der Waals surface area contributed by atoms with E-state index in [9.17, 15) is 13.2 Å². The Labute approximate surface area is 88.4 Å². The summed E-state index contributed by atoms with van der Waals surface area (Å²) in [6, 6.07) is -0.146. The maximum Gasteiger partial charge on any atom is 0.447 e. The number of thioether (sulfide) groups is 1. The zero-order chi connectivity index (χ0) is 10.9. The molecule has 0 aliphatic carbocycles. The number of alkyl halides is 3. The van der Waals surface area contributed by atoms with E-state index in [1.54, 1.807) is 13.8 Å². The van der Waals surface area contributed by atoms with Crippen molar-refractivity contribution in [2.75, 3.05) is 0 Å². The molecule has 0 saturated heterocycles. The van der Waals surface area contributed by atoms with Gasteiger partial charge in [0.2, 0.25) is 0 Å². The fourth-order valence-electron chi connectivity index (χ4n) is 0.903.